The summed E-state index contributed by atoms with van der Waals surface area (Å²) in [6.07, 6.45) is 0. The summed E-state index contributed by atoms with van der Waals surface area (Å²) in [7, 11) is 0.667. The van der Waals surface area contributed by atoms with Crippen LogP contribution in [0, 0.1) is 5.82 Å². The highest BCUT2D eigenvalue weighted by atomic mass is 32.2. The van der Waals surface area contributed by atoms with E-state index >= 15 is 0 Å². The topological polar surface area (TPSA) is 38.3 Å². The molecular weight excluding hydrogens is 241 g/mol. The van der Waals surface area contributed by atoms with Gasteiger partial charge >= 0.3 is 0 Å². The van der Waals surface area contributed by atoms with Crippen LogP contribution in [0.2, 0.25) is 0 Å². The van der Waals surface area contributed by atoms with Gasteiger partial charge in [-0.05, 0) is 6.07 Å². The van der Waals surface area contributed by atoms with Gasteiger partial charge < -0.3 is 10.1 Å². The second kappa shape index (κ2) is 7.40. The van der Waals surface area contributed by atoms with Crippen LogP contribution < -0.4 is 10.1 Å². The minimum atomic E-state index is -0.777. The first-order valence-corrected chi connectivity index (χ1v) is 7.05. The molecule has 17 heavy (non-hydrogen) atoms. The monoisotopic (exact) mass is 259 g/mol. The molecule has 1 aromatic carbocycles. The van der Waals surface area contributed by atoms with Gasteiger partial charge in [0.2, 0.25) is 0 Å². The Hall–Kier alpha value is -0.940. The Morgan fingerprint density at radius 2 is 2.24 bits per heavy atom. The second-order valence-electron chi connectivity index (χ2n) is 3.54. The van der Waals surface area contributed by atoms with E-state index < -0.39 is 10.8 Å². The molecule has 1 aromatic rings. The number of halogens is 1. The first-order chi connectivity index (χ1) is 8.19. The first kappa shape index (κ1) is 14.1. The highest BCUT2D eigenvalue weighted by molar-refractivity contribution is 7.84. The van der Waals surface area contributed by atoms with E-state index in [1.54, 1.807) is 18.2 Å². The van der Waals surface area contributed by atoms with Crippen molar-refractivity contribution in [2.75, 3.05) is 25.2 Å². The molecule has 1 unspecified atom stereocenters. The molecule has 0 aliphatic heterocycles. The minimum Gasteiger partial charge on any atom is -0.494 e. The summed E-state index contributed by atoms with van der Waals surface area (Å²) in [5, 5.41) is 3.07. The SMILES string of the molecule is CCS(=O)CCNCc1cccc(OC)c1F. The van der Waals surface area contributed by atoms with Gasteiger partial charge in [0.25, 0.3) is 0 Å². The maximum absolute atomic E-state index is 13.7. The summed E-state index contributed by atoms with van der Waals surface area (Å²) in [5.41, 5.74) is 0.562. The minimum absolute atomic E-state index is 0.251. The molecule has 1 rings (SSSR count). The van der Waals surface area contributed by atoms with Gasteiger partial charge in [-0.2, -0.15) is 0 Å². The Kier molecular flexibility index (Phi) is 6.15. The van der Waals surface area contributed by atoms with E-state index in [4.69, 9.17) is 4.74 Å². The van der Waals surface area contributed by atoms with Gasteiger partial charge in [-0.1, -0.05) is 19.1 Å². The molecule has 0 amide bonds. The third-order valence-electron chi connectivity index (χ3n) is 2.41. The van der Waals surface area contributed by atoms with Crippen molar-refractivity contribution in [1.29, 1.82) is 0 Å². The average molecular weight is 259 g/mol. The Morgan fingerprint density at radius 1 is 1.47 bits per heavy atom. The lowest BCUT2D eigenvalue weighted by molar-refractivity contribution is 0.383. The fourth-order valence-corrected chi connectivity index (χ4v) is 2.06. The summed E-state index contributed by atoms with van der Waals surface area (Å²) in [4.78, 5) is 0. The molecule has 0 heterocycles. The molecule has 0 aliphatic rings. The van der Waals surface area contributed by atoms with Gasteiger partial charge in [-0.25, -0.2) is 4.39 Å². The van der Waals surface area contributed by atoms with E-state index in [0.717, 1.165) is 0 Å². The van der Waals surface area contributed by atoms with Crippen molar-refractivity contribution in [2.45, 2.75) is 13.5 Å². The van der Waals surface area contributed by atoms with Crippen molar-refractivity contribution >= 4 is 10.8 Å². The van der Waals surface area contributed by atoms with Crippen molar-refractivity contribution in [1.82, 2.24) is 5.32 Å². The summed E-state index contributed by atoms with van der Waals surface area (Å²) in [6, 6.07) is 5.05. The lowest BCUT2D eigenvalue weighted by Gasteiger charge is -2.08. The van der Waals surface area contributed by atoms with Crippen molar-refractivity contribution in [2.24, 2.45) is 0 Å². The Bertz CT molecular complexity index is 385. The number of methoxy groups -OCH3 is 1. The molecule has 5 heteroatoms. The predicted molar refractivity (Wildman–Crippen MR) is 68.2 cm³/mol. The number of ether oxygens (including phenoxy) is 1. The second-order valence-corrected chi connectivity index (χ2v) is 5.41. The Morgan fingerprint density at radius 3 is 2.88 bits per heavy atom. The molecule has 1 atom stereocenters. The number of rotatable bonds is 7. The standard InChI is InChI=1S/C12H18FNO2S/c1-3-17(15)8-7-14-9-10-5-4-6-11(16-2)12(10)13/h4-6,14H,3,7-9H2,1-2H3. The summed E-state index contributed by atoms with van der Waals surface area (Å²) in [5.74, 6) is 1.18. The molecule has 0 bridgehead atoms. The molecule has 96 valence electrons. The van der Waals surface area contributed by atoms with E-state index in [-0.39, 0.29) is 11.6 Å². The quantitative estimate of drug-likeness (QED) is 0.757. The van der Waals surface area contributed by atoms with Crippen LogP contribution in [0.5, 0.6) is 5.75 Å². The molecular formula is C12H18FNO2S. The summed E-state index contributed by atoms with van der Waals surface area (Å²) in [6.45, 7) is 2.93. The van der Waals surface area contributed by atoms with Crippen LogP contribution in [0.15, 0.2) is 18.2 Å². The smallest absolute Gasteiger partial charge is 0.169 e. The highest BCUT2D eigenvalue weighted by Gasteiger charge is 2.07. The normalized spacial score (nSPS) is 12.4. The van der Waals surface area contributed by atoms with Crippen LogP contribution in [0.4, 0.5) is 4.39 Å². The zero-order chi connectivity index (χ0) is 12.7. The summed E-state index contributed by atoms with van der Waals surface area (Å²) >= 11 is 0. The molecule has 0 fully saturated rings. The van der Waals surface area contributed by atoms with Crippen LogP contribution in [0.1, 0.15) is 12.5 Å². The van der Waals surface area contributed by atoms with Gasteiger partial charge in [0, 0.05) is 41.0 Å². The van der Waals surface area contributed by atoms with E-state index in [2.05, 4.69) is 5.32 Å². The lowest BCUT2D eigenvalue weighted by Crippen LogP contribution is -2.21. The number of hydrogen-bond donors (Lipinski definition) is 1. The Labute approximate surface area is 104 Å². The fourth-order valence-electron chi connectivity index (χ4n) is 1.40. The lowest BCUT2D eigenvalue weighted by atomic mass is 10.2. The number of benzene rings is 1. The van der Waals surface area contributed by atoms with E-state index in [1.165, 1.54) is 7.11 Å². The molecule has 0 aromatic heterocycles. The zero-order valence-corrected chi connectivity index (χ0v) is 11.0. The predicted octanol–water partition coefficient (Wildman–Crippen LogP) is 1.69. The fraction of sp³-hybridized carbons (Fsp3) is 0.500. The van der Waals surface area contributed by atoms with E-state index in [9.17, 15) is 8.60 Å². The molecule has 0 saturated heterocycles. The van der Waals surface area contributed by atoms with Gasteiger partial charge in [-0.15, -0.1) is 0 Å². The molecule has 3 nitrogen and oxygen atoms in total. The first-order valence-electron chi connectivity index (χ1n) is 5.56. The van der Waals surface area contributed by atoms with Crippen molar-refractivity contribution in [3.05, 3.63) is 29.6 Å². The van der Waals surface area contributed by atoms with Crippen molar-refractivity contribution in [3.8, 4) is 5.75 Å². The van der Waals surface area contributed by atoms with Gasteiger partial charge in [0.15, 0.2) is 11.6 Å². The third-order valence-corrected chi connectivity index (χ3v) is 3.71. The Balaban J connectivity index is 2.44. The number of hydrogen-bond acceptors (Lipinski definition) is 3. The molecule has 1 N–H and O–H groups in total. The van der Waals surface area contributed by atoms with Crippen LogP contribution >= 0.6 is 0 Å². The average Bonchev–Trinajstić information content (AvgIpc) is 2.36. The molecule has 0 spiro atoms. The van der Waals surface area contributed by atoms with Crippen molar-refractivity contribution in [3.63, 3.8) is 0 Å². The van der Waals surface area contributed by atoms with E-state index in [0.29, 0.717) is 30.2 Å². The van der Waals surface area contributed by atoms with Crippen LogP contribution in [0.25, 0.3) is 0 Å². The largest absolute Gasteiger partial charge is 0.494 e. The molecule has 0 aliphatic carbocycles. The van der Waals surface area contributed by atoms with Gasteiger partial charge in [0.1, 0.15) is 0 Å². The maximum Gasteiger partial charge on any atom is 0.169 e. The van der Waals surface area contributed by atoms with Crippen LogP contribution in [-0.4, -0.2) is 29.4 Å². The number of nitrogens with one attached hydrogen (secondary N) is 1. The third kappa shape index (κ3) is 4.44. The van der Waals surface area contributed by atoms with E-state index in [1.807, 2.05) is 6.92 Å². The van der Waals surface area contributed by atoms with Crippen molar-refractivity contribution < 1.29 is 13.3 Å². The molecule has 0 radical (unpaired) electrons. The zero-order valence-electron chi connectivity index (χ0n) is 10.2. The van der Waals surface area contributed by atoms with Crippen LogP contribution in [0.3, 0.4) is 0 Å². The van der Waals surface area contributed by atoms with Gasteiger partial charge in [-0.3, -0.25) is 4.21 Å². The van der Waals surface area contributed by atoms with Crippen LogP contribution in [-0.2, 0) is 17.3 Å². The highest BCUT2D eigenvalue weighted by Crippen LogP contribution is 2.19. The summed E-state index contributed by atoms with van der Waals surface area (Å²) < 4.78 is 29.8. The van der Waals surface area contributed by atoms with Gasteiger partial charge in [0.05, 0.1) is 7.11 Å². The maximum atomic E-state index is 13.7. The molecule has 0 saturated carbocycles.